The van der Waals surface area contributed by atoms with Gasteiger partial charge in [-0.25, -0.2) is 4.98 Å². The highest BCUT2D eigenvalue weighted by Crippen LogP contribution is 2.42. The van der Waals surface area contributed by atoms with Crippen LogP contribution in [-0.2, 0) is 4.79 Å². The van der Waals surface area contributed by atoms with E-state index in [4.69, 9.17) is 0 Å². The summed E-state index contributed by atoms with van der Waals surface area (Å²) in [6.45, 7) is 3.91. The highest BCUT2D eigenvalue weighted by Gasteiger charge is 2.42. The first-order valence-electron chi connectivity index (χ1n) is 9.13. The molecule has 0 aliphatic carbocycles. The predicted molar refractivity (Wildman–Crippen MR) is 111 cm³/mol. The molecule has 6 heteroatoms. The summed E-state index contributed by atoms with van der Waals surface area (Å²) in [5.41, 5.74) is 3.17. The number of fused-ring (bicyclic) bond motifs is 1. The summed E-state index contributed by atoms with van der Waals surface area (Å²) in [5.74, 6) is -0.755. The molecule has 142 valence electrons. The molecule has 4 rings (SSSR count). The van der Waals surface area contributed by atoms with E-state index in [1.807, 2.05) is 62.4 Å². The SMILES string of the molecule is Cc1nc(NC(=O)[C@@H]2c3ccccc3C(=O)N(C)[C@H]2c2ccccc2)sc1C. The van der Waals surface area contributed by atoms with Gasteiger partial charge in [0.2, 0.25) is 5.91 Å². The first-order valence-corrected chi connectivity index (χ1v) is 9.95. The average molecular weight is 391 g/mol. The van der Waals surface area contributed by atoms with Crippen molar-refractivity contribution in [1.82, 2.24) is 9.88 Å². The minimum absolute atomic E-state index is 0.0746. The third-order valence-corrected chi connectivity index (χ3v) is 6.25. The minimum Gasteiger partial charge on any atom is -0.334 e. The molecule has 5 nitrogen and oxygen atoms in total. The Hall–Kier alpha value is -2.99. The van der Waals surface area contributed by atoms with Gasteiger partial charge in [0, 0.05) is 17.5 Å². The van der Waals surface area contributed by atoms with Crippen molar-refractivity contribution >= 4 is 28.3 Å². The third-order valence-electron chi connectivity index (χ3n) is 5.26. The van der Waals surface area contributed by atoms with Crippen LogP contribution in [0.3, 0.4) is 0 Å². The second-order valence-corrected chi connectivity index (χ2v) is 8.19. The Bertz CT molecular complexity index is 1030. The third kappa shape index (κ3) is 3.10. The molecule has 0 unspecified atom stereocenters. The second kappa shape index (κ2) is 7.20. The Morgan fingerprint density at radius 2 is 1.75 bits per heavy atom. The van der Waals surface area contributed by atoms with Crippen LogP contribution in [0.2, 0.25) is 0 Å². The predicted octanol–water partition coefficient (Wildman–Crippen LogP) is 4.31. The van der Waals surface area contributed by atoms with Crippen molar-refractivity contribution < 1.29 is 9.59 Å². The highest BCUT2D eigenvalue weighted by molar-refractivity contribution is 7.15. The van der Waals surface area contributed by atoms with E-state index in [1.54, 1.807) is 18.0 Å². The van der Waals surface area contributed by atoms with Crippen molar-refractivity contribution in [2.24, 2.45) is 0 Å². The van der Waals surface area contributed by atoms with Crippen LogP contribution >= 0.6 is 11.3 Å². The number of nitrogens with zero attached hydrogens (tertiary/aromatic N) is 2. The first-order chi connectivity index (χ1) is 13.5. The summed E-state index contributed by atoms with van der Waals surface area (Å²) in [6.07, 6.45) is 0. The van der Waals surface area contributed by atoms with Gasteiger partial charge in [0.1, 0.15) is 0 Å². The van der Waals surface area contributed by atoms with E-state index in [0.29, 0.717) is 10.7 Å². The van der Waals surface area contributed by atoms with Crippen molar-refractivity contribution in [3.05, 3.63) is 81.9 Å². The number of aryl methyl sites for hydroxylation is 2. The summed E-state index contributed by atoms with van der Waals surface area (Å²) >= 11 is 1.46. The van der Waals surface area contributed by atoms with Crippen LogP contribution in [0, 0.1) is 13.8 Å². The van der Waals surface area contributed by atoms with Gasteiger partial charge in [-0.1, -0.05) is 48.5 Å². The van der Waals surface area contributed by atoms with Crippen LogP contribution in [-0.4, -0.2) is 28.7 Å². The van der Waals surface area contributed by atoms with Crippen LogP contribution in [0.4, 0.5) is 5.13 Å². The highest BCUT2D eigenvalue weighted by atomic mass is 32.1. The molecule has 2 aromatic carbocycles. The summed E-state index contributed by atoms with van der Waals surface area (Å²) in [4.78, 5) is 33.5. The molecule has 0 bridgehead atoms. The lowest BCUT2D eigenvalue weighted by molar-refractivity contribution is -0.119. The largest absolute Gasteiger partial charge is 0.334 e. The van der Waals surface area contributed by atoms with Crippen LogP contribution in [0.15, 0.2) is 54.6 Å². The Balaban J connectivity index is 1.80. The summed E-state index contributed by atoms with van der Waals surface area (Å²) in [7, 11) is 1.76. The fraction of sp³-hybridized carbons (Fsp3) is 0.227. The van der Waals surface area contributed by atoms with E-state index in [0.717, 1.165) is 21.7 Å². The summed E-state index contributed by atoms with van der Waals surface area (Å²) in [6, 6.07) is 16.7. The molecule has 1 N–H and O–H groups in total. The van der Waals surface area contributed by atoms with Crippen molar-refractivity contribution in [3.8, 4) is 0 Å². The van der Waals surface area contributed by atoms with Crippen molar-refractivity contribution in [2.75, 3.05) is 12.4 Å². The van der Waals surface area contributed by atoms with Gasteiger partial charge in [0.25, 0.3) is 5.91 Å². The number of hydrogen-bond acceptors (Lipinski definition) is 4. The number of carbonyl (C=O) groups excluding carboxylic acids is 2. The zero-order valence-electron chi connectivity index (χ0n) is 16.0. The Labute approximate surface area is 168 Å². The molecular formula is C22H21N3O2S. The van der Waals surface area contributed by atoms with E-state index < -0.39 is 5.92 Å². The maximum absolute atomic E-state index is 13.4. The zero-order valence-corrected chi connectivity index (χ0v) is 16.8. The van der Waals surface area contributed by atoms with Crippen molar-refractivity contribution in [2.45, 2.75) is 25.8 Å². The van der Waals surface area contributed by atoms with Gasteiger partial charge in [0.05, 0.1) is 17.7 Å². The van der Waals surface area contributed by atoms with Crippen LogP contribution in [0.5, 0.6) is 0 Å². The molecule has 0 fully saturated rings. The number of benzene rings is 2. The molecule has 1 aliphatic heterocycles. The van der Waals surface area contributed by atoms with E-state index in [9.17, 15) is 9.59 Å². The molecule has 1 aliphatic rings. The van der Waals surface area contributed by atoms with Gasteiger partial charge in [-0.3, -0.25) is 9.59 Å². The molecule has 2 heterocycles. The quantitative estimate of drug-likeness (QED) is 0.724. The van der Waals surface area contributed by atoms with E-state index in [-0.39, 0.29) is 17.9 Å². The number of likely N-dealkylation sites (N-methyl/N-ethyl adjacent to an activating group) is 1. The zero-order chi connectivity index (χ0) is 19.8. The number of rotatable bonds is 3. The lowest BCUT2D eigenvalue weighted by Crippen LogP contribution is -2.44. The number of hydrogen-bond donors (Lipinski definition) is 1. The lowest BCUT2D eigenvalue weighted by atomic mass is 9.79. The average Bonchev–Trinajstić information content (AvgIpc) is 3.02. The molecule has 0 saturated heterocycles. The minimum atomic E-state index is -0.522. The molecule has 1 aromatic heterocycles. The Morgan fingerprint density at radius 1 is 1.07 bits per heavy atom. The fourth-order valence-electron chi connectivity index (χ4n) is 3.73. The second-order valence-electron chi connectivity index (χ2n) is 6.99. The maximum atomic E-state index is 13.4. The summed E-state index contributed by atoms with van der Waals surface area (Å²) < 4.78 is 0. The molecule has 0 spiro atoms. The fourth-order valence-corrected chi connectivity index (χ4v) is 4.55. The smallest absolute Gasteiger partial charge is 0.254 e. The van der Waals surface area contributed by atoms with Gasteiger partial charge in [-0.05, 0) is 31.0 Å². The first kappa shape index (κ1) is 18.4. The molecule has 2 atom stereocenters. The topological polar surface area (TPSA) is 62.3 Å². The van der Waals surface area contributed by atoms with E-state index in [1.165, 1.54) is 11.3 Å². The summed E-state index contributed by atoms with van der Waals surface area (Å²) in [5, 5.41) is 3.57. The van der Waals surface area contributed by atoms with Crippen molar-refractivity contribution in [3.63, 3.8) is 0 Å². The van der Waals surface area contributed by atoms with Gasteiger partial charge in [0.15, 0.2) is 5.13 Å². The van der Waals surface area contributed by atoms with E-state index >= 15 is 0 Å². The van der Waals surface area contributed by atoms with Gasteiger partial charge in [-0.15, -0.1) is 11.3 Å². The molecule has 0 radical (unpaired) electrons. The van der Waals surface area contributed by atoms with Crippen molar-refractivity contribution in [1.29, 1.82) is 0 Å². The molecular weight excluding hydrogens is 370 g/mol. The number of carbonyl (C=O) groups is 2. The standard InChI is InChI=1S/C22H21N3O2S/c1-13-14(2)28-22(23-13)24-20(26)18-16-11-7-8-12-17(16)21(27)25(3)19(18)15-9-5-4-6-10-15/h4-12,18-19H,1-3H3,(H,23,24,26)/t18-,19+/m1/s1. The number of thiazole rings is 1. The van der Waals surface area contributed by atoms with Gasteiger partial charge in [-0.2, -0.15) is 0 Å². The number of aromatic nitrogens is 1. The monoisotopic (exact) mass is 391 g/mol. The van der Waals surface area contributed by atoms with Gasteiger partial charge >= 0.3 is 0 Å². The van der Waals surface area contributed by atoms with E-state index in [2.05, 4.69) is 10.3 Å². The van der Waals surface area contributed by atoms with Gasteiger partial charge < -0.3 is 10.2 Å². The van der Waals surface area contributed by atoms with Crippen LogP contribution in [0.25, 0.3) is 0 Å². The van der Waals surface area contributed by atoms with Crippen LogP contribution < -0.4 is 5.32 Å². The Morgan fingerprint density at radius 3 is 2.43 bits per heavy atom. The Kier molecular flexibility index (Phi) is 4.73. The normalized spacial score (nSPS) is 18.7. The molecule has 28 heavy (non-hydrogen) atoms. The lowest BCUT2D eigenvalue weighted by Gasteiger charge is -2.39. The molecule has 0 saturated carbocycles. The number of anilines is 1. The van der Waals surface area contributed by atoms with Crippen LogP contribution in [0.1, 0.15) is 44.0 Å². The number of amides is 2. The molecule has 3 aromatic rings. The maximum Gasteiger partial charge on any atom is 0.254 e. The number of nitrogens with one attached hydrogen (secondary N) is 1. The molecule has 2 amide bonds.